The van der Waals surface area contributed by atoms with Gasteiger partial charge in [0, 0.05) is 34.2 Å². The summed E-state index contributed by atoms with van der Waals surface area (Å²) in [6.07, 6.45) is 0. The maximum absolute atomic E-state index is 10.5. The monoisotopic (exact) mass is 312 g/mol. The Labute approximate surface area is 111 Å². The van der Waals surface area contributed by atoms with Crippen LogP contribution in [0.5, 0.6) is 0 Å². The van der Waals surface area contributed by atoms with Gasteiger partial charge in [-0.25, -0.2) is 0 Å². The van der Waals surface area contributed by atoms with Crippen LogP contribution >= 0.6 is 27.3 Å². The first kappa shape index (κ1) is 12.1. The largest absolute Gasteiger partial charge is 0.381 e. The molecule has 0 spiro atoms. The van der Waals surface area contributed by atoms with Gasteiger partial charge in [-0.3, -0.25) is 10.1 Å². The molecule has 1 aromatic heterocycles. The molecule has 0 aliphatic carbocycles. The number of benzene rings is 1. The molecule has 17 heavy (non-hydrogen) atoms. The Morgan fingerprint density at radius 2 is 2.00 bits per heavy atom. The Hall–Kier alpha value is -1.40. The molecule has 1 N–H and O–H groups in total. The first-order valence-corrected chi connectivity index (χ1v) is 6.59. The van der Waals surface area contributed by atoms with Crippen LogP contribution in [0, 0.1) is 10.1 Å². The lowest BCUT2D eigenvalue weighted by molar-refractivity contribution is -0.384. The molecule has 88 valence electrons. The summed E-state index contributed by atoms with van der Waals surface area (Å²) in [5.41, 5.74) is 2.15. The van der Waals surface area contributed by atoms with Gasteiger partial charge in [-0.2, -0.15) is 11.3 Å². The number of nitrogens with one attached hydrogen (secondary N) is 1. The molecule has 0 radical (unpaired) electrons. The van der Waals surface area contributed by atoms with Crippen LogP contribution < -0.4 is 5.32 Å². The summed E-state index contributed by atoms with van der Waals surface area (Å²) in [5.74, 6) is 0. The van der Waals surface area contributed by atoms with Crippen molar-refractivity contribution in [2.45, 2.75) is 6.54 Å². The van der Waals surface area contributed by atoms with Crippen LogP contribution in [-0.2, 0) is 6.54 Å². The average Bonchev–Trinajstić information content (AvgIpc) is 2.73. The normalized spacial score (nSPS) is 10.2. The van der Waals surface area contributed by atoms with Gasteiger partial charge in [-0.15, -0.1) is 0 Å². The Morgan fingerprint density at radius 3 is 2.53 bits per heavy atom. The summed E-state index contributed by atoms with van der Waals surface area (Å²) >= 11 is 5.08. The minimum absolute atomic E-state index is 0.104. The highest BCUT2D eigenvalue weighted by molar-refractivity contribution is 9.10. The zero-order chi connectivity index (χ0) is 12.3. The second-order valence-corrected chi connectivity index (χ2v) is 5.00. The third-order valence-corrected chi connectivity index (χ3v) is 4.08. The molecular formula is C11H9BrN2O2S. The summed E-state index contributed by atoms with van der Waals surface area (Å²) in [4.78, 5) is 10.1. The average molecular weight is 313 g/mol. The summed E-state index contributed by atoms with van der Waals surface area (Å²) < 4.78 is 1.08. The van der Waals surface area contributed by atoms with E-state index >= 15 is 0 Å². The van der Waals surface area contributed by atoms with Gasteiger partial charge in [0.2, 0.25) is 0 Å². The van der Waals surface area contributed by atoms with E-state index in [4.69, 9.17) is 0 Å². The van der Waals surface area contributed by atoms with Crippen LogP contribution in [0.2, 0.25) is 0 Å². The second kappa shape index (κ2) is 5.29. The number of nitro groups is 1. The molecule has 0 saturated heterocycles. The Kier molecular flexibility index (Phi) is 3.75. The van der Waals surface area contributed by atoms with Crippen LogP contribution in [0.4, 0.5) is 11.4 Å². The number of halogens is 1. The van der Waals surface area contributed by atoms with Gasteiger partial charge < -0.3 is 5.32 Å². The van der Waals surface area contributed by atoms with Crippen molar-refractivity contribution in [2.24, 2.45) is 0 Å². The molecule has 1 aromatic carbocycles. The van der Waals surface area contributed by atoms with E-state index in [0.29, 0.717) is 6.54 Å². The fraction of sp³-hybridized carbons (Fsp3) is 0.0909. The van der Waals surface area contributed by atoms with Gasteiger partial charge in [0.25, 0.3) is 5.69 Å². The van der Waals surface area contributed by atoms with Crippen molar-refractivity contribution in [2.75, 3.05) is 5.32 Å². The summed E-state index contributed by atoms with van der Waals surface area (Å²) in [7, 11) is 0. The lowest BCUT2D eigenvalue weighted by Crippen LogP contribution is -1.98. The van der Waals surface area contributed by atoms with Crippen LogP contribution in [-0.4, -0.2) is 4.92 Å². The topological polar surface area (TPSA) is 55.2 Å². The van der Waals surface area contributed by atoms with E-state index in [1.807, 2.05) is 5.38 Å². The minimum atomic E-state index is -0.404. The summed E-state index contributed by atoms with van der Waals surface area (Å²) in [6, 6.07) is 6.40. The van der Waals surface area contributed by atoms with E-state index in [2.05, 4.69) is 26.6 Å². The summed E-state index contributed by atoms with van der Waals surface area (Å²) in [6.45, 7) is 0.696. The minimum Gasteiger partial charge on any atom is -0.381 e. The van der Waals surface area contributed by atoms with Gasteiger partial charge in [-0.1, -0.05) is 0 Å². The van der Waals surface area contributed by atoms with Crippen molar-refractivity contribution in [3.05, 3.63) is 55.2 Å². The molecular weight excluding hydrogens is 304 g/mol. The predicted octanol–water partition coefficient (Wildman–Crippen LogP) is 4.03. The highest BCUT2D eigenvalue weighted by Crippen LogP contribution is 2.23. The van der Waals surface area contributed by atoms with Gasteiger partial charge in [-0.05, 0) is 39.0 Å². The number of anilines is 1. The Bertz CT molecular complexity index is 525. The van der Waals surface area contributed by atoms with Gasteiger partial charge >= 0.3 is 0 Å². The van der Waals surface area contributed by atoms with Crippen molar-refractivity contribution in [1.29, 1.82) is 0 Å². The molecule has 0 saturated carbocycles. The molecule has 1 heterocycles. The molecule has 6 heteroatoms. The smallest absolute Gasteiger partial charge is 0.269 e. The predicted molar refractivity (Wildman–Crippen MR) is 72.4 cm³/mol. The van der Waals surface area contributed by atoms with E-state index in [9.17, 15) is 10.1 Å². The molecule has 0 fully saturated rings. The van der Waals surface area contributed by atoms with Crippen LogP contribution in [0.25, 0.3) is 0 Å². The third kappa shape index (κ3) is 3.04. The van der Waals surface area contributed by atoms with E-state index in [0.717, 1.165) is 10.2 Å². The standard InChI is InChI=1S/C11H9BrN2O2S/c12-11-7-17-6-8(11)5-13-9-1-3-10(4-2-9)14(15)16/h1-4,6-7,13H,5H2. The fourth-order valence-electron chi connectivity index (χ4n) is 1.33. The van der Waals surface area contributed by atoms with E-state index < -0.39 is 4.92 Å². The van der Waals surface area contributed by atoms with Crippen molar-refractivity contribution in [3.63, 3.8) is 0 Å². The quantitative estimate of drug-likeness (QED) is 0.685. The van der Waals surface area contributed by atoms with Gasteiger partial charge in [0.1, 0.15) is 0 Å². The van der Waals surface area contributed by atoms with Crippen molar-refractivity contribution in [3.8, 4) is 0 Å². The molecule has 0 aliphatic heterocycles. The number of hydrogen-bond acceptors (Lipinski definition) is 4. The third-order valence-electron chi connectivity index (χ3n) is 2.25. The number of nitro benzene ring substituents is 1. The van der Waals surface area contributed by atoms with Crippen molar-refractivity contribution in [1.82, 2.24) is 0 Å². The lowest BCUT2D eigenvalue weighted by Gasteiger charge is -2.05. The number of thiophene rings is 1. The molecule has 2 aromatic rings. The summed E-state index contributed by atoms with van der Waals surface area (Å²) in [5, 5.41) is 17.8. The maximum atomic E-state index is 10.5. The number of hydrogen-bond donors (Lipinski definition) is 1. The van der Waals surface area contributed by atoms with Gasteiger partial charge in [0.05, 0.1) is 4.92 Å². The van der Waals surface area contributed by atoms with E-state index in [1.54, 1.807) is 23.5 Å². The molecule has 0 atom stereocenters. The van der Waals surface area contributed by atoms with Crippen LogP contribution in [0.3, 0.4) is 0 Å². The second-order valence-electron chi connectivity index (χ2n) is 3.40. The molecule has 0 unspecified atom stereocenters. The number of nitrogens with zero attached hydrogens (tertiary/aromatic N) is 1. The molecule has 0 bridgehead atoms. The molecule has 4 nitrogen and oxygen atoms in total. The van der Waals surface area contributed by atoms with E-state index in [1.165, 1.54) is 17.7 Å². The zero-order valence-corrected chi connectivity index (χ0v) is 11.1. The lowest BCUT2D eigenvalue weighted by atomic mass is 10.2. The zero-order valence-electron chi connectivity index (χ0n) is 8.72. The molecule has 2 rings (SSSR count). The van der Waals surface area contributed by atoms with Crippen molar-refractivity contribution >= 4 is 38.6 Å². The first-order chi connectivity index (χ1) is 8.16. The first-order valence-electron chi connectivity index (χ1n) is 4.85. The Balaban J connectivity index is 2.00. The number of non-ortho nitro benzene ring substituents is 1. The highest BCUT2D eigenvalue weighted by Gasteiger charge is 2.04. The van der Waals surface area contributed by atoms with E-state index in [-0.39, 0.29) is 5.69 Å². The SMILES string of the molecule is O=[N+]([O-])c1ccc(NCc2cscc2Br)cc1. The van der Waals surface area contributed by atoms with Crippen LogP contribution in [0.15, 0.2) is 39.5 Å². The Morgan fingerprint density at radius 1 is 1.29 bits per heavy atom. The molecule has 0 amide bonds. The highest BCUT2D eigenvalue weighted by atomic mass is 79.9. The maximum Gasteiger partial charge on any atom is 0.269 e. The fourth-order valence-corrected chi connectivity index (χ4v) is 2.78. The van der Waals surface area contributed by atoms with Gasteiger partial charge in [0.15, 0.2) is 0 Å². The van der Waals surface area contributed by atoms with Crippen LogP contribution in [0.1, 0.15) is 5.56 Å². The number of rotatable bonds is 4. The molecule has 0 aliphatic rings. The van der Waals surface area contributed by atoms with Crippen molar-refractivity contribution < 1.29 is 4.92 Å².